The van der Waals surface area contributed by atoms with Crippen molar-refractivity contribution < 1.29 is 17.5 Å². The molecule has 0 fully saturated rings. The highest BCUT2D eigenvalue weighted by Crippen LogP contribution is 2.27. The summed E-state index contributed by atoms with van der Waals surface area (Å²) in [5.41, 5.74) is 0.907. The smallest absolute Gasteiger partial charge is 0.322 e. The van der Waals surface area contributed by atoms with E-state index >= 15 is 0 Å². The van der Waals surface area contributed by atoms with Crippen molar-refractivity contribution in [2.24, 2.45) is 0 Å². The highest BCUT2D eigenvalue weighted by atomic mass is 35.5. The molecule has 4 rings (SSSR count). The fraction of sp³-hybridized carbons (Fsp3) is 0.200. The number of aromatic nitrogens is 4. The lowest BCUT2D eigenvalue weighted by Crippen LogP contribution is -2.29. The summed E-state index contributed by atoms with van der Waals surface area (Å²) in [6.07, 6.45) is 1.83. The molecule has 0 unspecified atom stereocenters. The fourth-order valence-electron chi connectivity index (χ4n) is 3.22. The van der Waals surface area contributed by atoms with Crippen LogP contribution in [0.4, 0.5) is 4.39 Å². The van der Waals surface area contributed by atoms with Gasteiger partial charge in [0.1, 0.15) is 16.5 Å². The summed E-state index contributed by atoms with van der Waals surface area (Å²) in [6.45, 7) is 3.87. The zero-order chi connectivity index (χ0) is 22.2. The molecular weight excluding hydrogens is 445 g/mol. The van der Waals surface area contributed by atoms with Gasteiger partial charge in [-0.05, 0) is 55.6 Å². The highest BCUT2D eigenvalue weighted by molar-refractivity contribution is 7.89. The first-order chi connectivity index (χ1) is 14.8. The number of halogens is 2. The minimum Gasteiger partial charge on any atom is -0.424 e. The number of nitrogens with zero attached hydrogens (tertiary/aromatic N) is 3. The quantitative estimate of drug-likeness (QED) is 0.423. The van der Waals surface area contributed by atoms with Gasteiger partial charge in [-0.1, -0.05) is 16.7 Å². The highest BCUT2D eigenvalue weighted by Gasteiger charge is 2.26. The van der Waals surface area contributed by atoms with Gasteiger partial charge in [-0.3, -0.25) is 4.57 Å². The Morgan fingerprint density at radius 3 is 2.81 bits per heavy atom. The zero-order valence-corrected chi connectivity index (χ0v) is 18.2. The molecule has 0 aliphatic rings. The maximum absolute atomic E-state index is 14.1. The van der Waals surface area contributed by atoms with Gasteiger partial charge in [0.25, 0.3) is 0 Å². The van der Waals surface area contributed by atoms with Crippen LogP contribution in [0.3, 0.4) is 0 Å². The number of sulfonamides is 1. The Morgan fingerprint density at radius 1 is 1.23 bits per heavy atom. The van der Waals surface area contributed by atoms with Crippen molar-refractivity contribution in [3.05, 3.63) is 65.3 Å². The molecular formula is C20H19ClFN5O3S. The van der Waals surface area contributed by atoms with Crippen molar-refractivity contribution in [1.29, 1.82) is 0 Å². The third-order valence-electron chi connectivity index (χ3n) is 4.70. The van der Waals surface area contributed by atoms with E-state index in [1.165, 1.54) is 6.07 Å². The van der Waals surface area contributed by atoms with Crippen LogP contribution in [-0.4, -0.2) is 28.2 Å². The van der Waals surface area contributed by atoms with Crippen molar-refractivity contribution >= 4 is 32.5 Å². The fourth-order valence-corrected chi connectivity index (χ4v) is 4.76. The molecule has 0 amide bonds. The minimum absolute atomic E-state index is 0.112. The molecule has 2 N–H and O–H groups in total. The first-order valence-electron chi connectivity index (χ1n) is 9.44. The third kappa shape index (κ3) is 4.27. The van der Waals surface area contributed by atoms with Gasteiger partial charge < -0.3 is 9.72 Å². The molecule has 2 aromatic heterocycles. The normalized spacial score (nSPS) is 12.9. The molecule has 1 atom stereocenters. The van der Waals surface area contributed by atoms with E-state index in [4.69, 9.17) is 16.3 Å². The predicted octanol–water partition coefficient (Wildman–Crippen LogP) is 4.40. The number of nitrogens with one attached hydrogen (secondary N) is 2. The van der Waals surface area contributed by atoms with Gasteiger partial charge in [0.15, 0.2) is 5.82 Å². The molecule has 31 heavy (non-hydrogen) atoms. The molecule has 2 heterocycles. The molecule has 0 aliphatic heterocycles. The molecule has 0 spiro atoms. The molecule has 2 aromatic carbocycles. The van der Waals surface area contributed by atoms with E-state index < -0.39 is 26.8 Å². The van der Waals surface area contributed by atoms with Crippen molar-refractivity contribution in [1.82, 2.24) is 24.5 Å². The van der Waals surface area contributed by atoms with Crippen molar-refractivity contribution in [3.63, 3.8) is 0 Å². The molecule has 4 aromatic rings. The Hall–Kier alpha value is -2.95. The van der Waals surface area contributed by atoms with Crippen molar-refractivity contribution in [2.75, 3.05) is 0 Å². The van der Waals surface area contributed by atoms with E-state index in [0.717, 1.165) is 23.0 Å². The van der Waals surface area contributed by atoms with Gasteiger partial charge >= 0.3 is 6.01 Å². The summed E-state index contributed by atoms with van der Waals surface area (Å²) >= 11 is 5.83. The number of benzene rings is 2. The summed E-state index contributed by atoms with van der Waals surface area (Å²) < 4.78 is 49.4. The molecule has 0 aliphatic carbocycles. The van der Waals surface area contributed by atoms with Crippen LogP contribution >= 0.6 is 11.6 Å². The number of H-pyrrole nitrogens is 1. The van der Waals surface area contributed by atoms with Gasteiger partial charge in [0, 0.05) is 29.3 Å². The molecule has 0 radical (unpaired) electrons. The predicted molar refractivity (Wildman–Crippen MR) is 114 cm³/mol. The summed E-state index contributed by atoms with van der Waals surface area (Å²) in [7, 11) is -4.19. The standard InChI is InChI=1S/C20H19ClFN5O3S/c1-3-27-19(12(2)26-31(28,29)18-10-14(21)5-7-16(18)22)24-25-20(27)30-15-6-4-13-8-9-23-17(13)11-15/h4-12,23,26H,3H2,1-2H3/t12-/m1/s1. The maximum Gasteiger partial charge on any atom is 0.322 e. The number of hydrogen-bond donors (Lipinski definition) is 2. The van der Waals surface area contributed by atoms with E-state index in [0.29, 0.717) is 18.1 Å². The number of rotatable bonds is 7. The Labute approximate surface area is 183 Å². The lowest BCUT2D eigenvalue weighted by molar-refractivity contribution is 0.408. The maximum atomic E-state index is 14.1. The van der Waals surface area contributed by atoms with E-state index in [9.17, 15) is 12.8 Å². The van der Waals surface area contributed by atoms with Gasteiger partial charge in [-0.25, -0.2) is 17.5 Å². The average Bonchev–Trinajstić information content (AvgIpc) is 3.35. The lowest BCUT2D eigenvalue weighted by atomic mass is 10.2. The van der Waals surface area contributed by atoms with Crippen LogP contribution in [0.25, 0.3) is 10.9 Å². The summed E-state index contributed by atoms with van der Waals surface area (Å²) in [5.74, 6) is -0.0212. The topological polar surface area (TPSA) is 102 Å². The SMILES string of the molecule is CCn1c(Oc2ccc3cc[nH]c3c2)nnc1[C@@H](C)NS(=O)(=O)c1cc(Cl)ccc1F. The van der Waals surface area contributed by atoms with Crippen molar-refractivity contribution in [2.45, 2.75) is 31.3 Å². The van der Waals surface area contributed by atoms with Crippen molar-refractivity contribution in [3.8, 4) is 11.8 Å². The van der Waals surface area contributed by atoms with E-state index in [1.807, 2.05) is 31.3 Å². The largest absolute Gasteiger partial charge is 0.424 e. The van der Waals surface area contributed by atoms with Gasteiger partial charge in [0.2, 0.25) is 10.0 Å². The van der Waals surface area contributed by atoms with Gasteiger partial charge in [0.05, 0.1) is 6.04 Å². The lowest BCUT2D eigenvalue weighted by Gasteiger charge is -2.16. The Bertz CT molecular complexity index is 1350. The number of hydrogen-bond acceptors (Lipinski definition) is 5. The second-order valence-corrected chi connectivity index (χ2v) is 8.95. The van der Waals surface area contributed by atoms with E-state index in [-0.39, 0.29) is 11.0 Å². The summed E-state index contributed by atoms with van der Waals surface area (Å²) in [4.78, 5) is 2.57. The van der Waals surface area contributed by atoms with Crippen LogP contribution in [0, 0.1) is 5.82 Å². The molecule has 162 valence electrons. The van der Waals surface area contributed by atoms with E-state index in [1.54, 1.807) is 17.6 Å². The first kappa shape index (κ1) is 21.3. The number of aromatic amines is 1. The third-order valence-corrected chi connectivity index (χ3v) is 6.49. The molecule has 0 saturated heterocycles. The molecule has 11 heteroatoms. The average molecular weight is 464 g/mol. The zero-order valence-electron chi connectivity index (χ0n) is 16.6. The number of ether oxygens (including phenoxy) is 1. The molecule has 0 saturated carbocycles. The van der Waals surface area contributed by atoms with Crippen LogP contribution in [0.5, 0.6) is 11.8 Å². The van der Waals surface area contributed by atoms with Crippen LogP contribution in [-0.2, 0) is 16.6 Å². The molecule has 0 bridgehead atoms. The second kappa shape index (κ2) is 8.29. The summed E-state index contributed by atoms with van der Waals surface area (Å²) in [6, 6.07) is 10.2. The van der Waals surface area contributed by atoms with Crippen LogP contribution < -0.4 is 9.46 Å². The Morgan fingerprint density at radius 2 is 2.03 bits per heavy atom. The minimum atomic E-state index is -4.19. The first-order valence-corrected chi connectivity index (χ1v) is 11.3. The van der Waals surface area contributed by atoms with E-state index in [2.05, 4.69) is 19.9 Å². The van der Waals surface area contributed by atoms with Crippen LogP contribution in [0.15, 0.2) is 53.6 Å². The van der Waals surface area contributed by atoms with Crippen LogP contribution in [0.2, 0.25) is 5.02 Å². The van der Waals surface area contributed by atoms with Gasteiger partial charge in [-0.2, -0.15) is 0 Å². The second-order valence-electron chi connectivity index (χ2n) is 6.83. The van der Waals surface area contributed by atoms with Gasteiger partial charge in [-0.15, -0.1) is 5.10 Å². The monoisotopic (exact) mass is 463 g/mol. The summed E-state index contributed by atoms with van der Waals surface area (Å²) in [5, 5.41) is 9.30. The van der Waals surface area contributed by atoms with Crippen LogP contribution in [0.1, 0.15) is 25.7 Å². The number of fused-ring (bicyclic) bond motifs is 1. The Kier molecular flexibility index (Phi) is 5.69. The Balaban J connectivity index is 1.59. The molecule has 8 nitrogen and oxygen atoms in total.